The lowest BCUT2D eigenvalue weighted by molar-refractivity contribution is -0.154. The average Bonchev–Trinajstić information content (AvgIpc) is 3.30. The number of aryl methyl sites for hydroxylation is 1. The van der Waals surface area contributed by atoms with Gasteiger partial charge in [-0.25, -0.2) is 4.98 Å². The number of ether oxygens (including phenoxy) is 1. The molecule has 4 aromatic rings. The minimum absolute atomic E-state index is 0.105. The highest BCUT2D eigenvalue weighted by Gasteiger charge is 2.29. The summed E-state index contributed by atoms with van der Waals surface area (Å²) in [4.78, 5) is 25.3. The molecule has 4 rings (SSSR count). The van der Waals surface area contributed by atoms with Crippen molar-refractivity contribution in [3.05, 3.63) is 65.7 Å². The number of aromatic nitrogens is 4. The van der Waals surface area contributed by atoms with Gasteiger partial charge < -0.3 is 14.6 Å². The van der Waals surface area contributed by atoms with Crippen LogP contribution in [0.15, 0.2) is 53.2 Å². The average molecular weight is 471 g/mol. The van der Waals surface area contributed by atoms with Gasteiger partial charge in [-0.05, 0) is 31.2 Å². The first kappa shape index (κ1) is 23.1. The first-order valence-corrected chi connectivity index (χ1v) is 10.3. The van der Waals surface area contributed by atoms with Crippen LogP contribution in [0, 0.1) is 6.92 Å². The number of nitrogens with zero attached hydrogens (tertiary/aromatic N) is 4. The van der Waals surface area contributed by atoms with E-state index in [1.165, 1.54) is 18.3 Å². The fraction of sp³-hybridized carbons (Fsp3) is 0.261. The van der Waals surface area contributed by atoms with E-state index >= 15 is 0 Å². The maximum Gasteiger partial charge on any atom is 0.422 e. The minimum atomic E-state index is -4.55. The molecule has 1 atom stereocenters. The number of nitrogens with one attached hydrogen (secondary N) is 1. The summed E-state index contributed by atoms with van der Waals surface area (Å²) in [5.41, 5.74) is 2.25. The van der Waals surface area contributed by atoms with Gasteiger partial charge in [0.1, 0.15) is 5.56 Å². The van der Waals surface area contributed by atoms with E-state index in [1.807, 2.05) is 37.3 Å². The van der Waals surface area contributed by atoms with Gasteiger partial charge in [-0.2, -0.15) is 18.2 Å². The van der Waals surface area contributed by atoms with Crippen LogP contribution in [-0.2, 0) is 0 Å². The summed E-state index contributed by atoms with van der Waals surface area (Å²) in [6.07, 6.45) is -3.30. The maximum atomic E-state index is 12.6. The summed E-state index contributed by atoms with van der Waals surface area (Å²) < 4.78 is 47.5. The van der Waals surface area contributed by atoms with Crippen molar-refractivity contribution in [2.24, 2.45) is 0 Å². The van der Waals surface area contributed by atoms with Crippen LogP contribution in [0.5, 0.6) is 5.88 Å². The van der Waals surface area contributed by atoms with Crippen LogP contribution in [0.2, 0.25) is 0 Å². The molecule has 3 aromatic heterocycles. The number of hydrogen-bond acceptors (Lipinski definition) is 7. The number of amides is 1. The fourth-order valence-electron chi connectivity index (χ4n) is 3.29. The zero-order chi connectivity index (χ0) is 24.3. The Labute approximate surface area is 192 Å². The molecule has 34 heavy (non-hydrogen) atoms. The normalized spacial score (nSPS) is 12.5. The molecule has 0 aliphatic carbocycles. The number of benzene rings is 1. The van der Waals surface area contributed by atoms with E-state index in [4.69, 9.17) is 4.52 Å². The Balaban J connectivity index is 1.46. The van der Waals surface area contributed by atoms with Crippen LogP contribution in [0.1, 0.15) is 34.7 Å². The predicted octanol–water partition coefficient (Wildman–Crippen LogP) is 4.46. The van der Waals surface area contributed by atoms with E-state index in [0.717, 1.165) is 22.2 Å². The van der Waals surface area contributed by atoms with Gasteiger partial charge in [-0.1, -0.05) is 30.3 Å². The van der Waals surface area contributed by atoms with Crippen LogP contribution in [0.25, 0.3) is 22.4 Å². The Morgan fingerprint density at radius 2 is 1.97 bits per heavy atom. The Bertz CT molecular complexity index is 1320. The third kappa shape index (κ3) is 5.30. The number of rotatable bonds is 7. The molecular formula is C23H20F3N5O3. The molecule has 0 aliphatic rings. The molecule has 1 N–H and O–H groups in total. The number of pyridine rings is 2. The molecule has 0 fully saturated rings. The molecule has 0 aliphatic heterocycles. The molecule has 1 aromatic carbocycles. The molecule has 11 heteroatoms. The second-order valence-corrected chi connectivity index (χ2v) is 7.66. The lowest BCUT2D eigenvalue weighted by Gasteiger charge is -2.13. The van der Waals surface area contributed by atoms with E-state index in [1.54, 1.807) is 6.92 Å². The number of para-hydroxylation sites is 1. The molecule has 0 spiro atoms. The third-order valence-corrected chi connectivity index (χ3v) is 4.91. The third-order valence-electron chi connectivity index (χ3n) is 4.91. The van der Waals surface area contributed by atoms with Crippen molar-refractivity contribution in [1.82, 2.24) is 25.4 Å². The first-order valence-electron chi connectivity index (χ1n) is 10.3. The standard InChI is InChI=1S/C23H20F3N5O3/c1-13(11-28-20(32)16-7-5-9-27-21(16)33-12-23(24,25)26)19-30-22(34-31-19)17-10-14(2)29-18-8-4-3-6-15(17)18/h3-10,13H,11-12H2,1-2H3,(H,28,32). The van der Waals surface area contributed by atoms with Crippen molar-refractivity contribution in [3.63, 3.8) is 0 Å². The molecule has 0 saturated carbocycles. The van der Waals surface area contributed by atoms with Gasteiger partial charge in [0.25, 0.3) is 11.8 Å². The Morgan fingerprint density at radius 1 is 1.18 bits per heavy atom. The monoisotopic (exact) mass is 471 g/mol. The predicted molar refractivity (Wildman–Crippen MR) is 116 cm³/mol. The number of halogens is 3. The van der Waals surface area contributed by atoms with Crippen molar-refractivity contribution >= 4 is 16.8 Å². The molecule has 0 bridgehead atoms. The van der Waals surface area contributed by atoms with Crippen LogP contribution in [0.4, 0.5) is 13.2 Å². The SMILES string of the molecule is Cc1cc(-c2nc(C(C)CNC(=O)c3cccnc3OCC(F)(F)F)no2)c2ccccc2n1. The summed E-state index contributed by atoms with van der Waals surface area (Å²) in [7, 11) is 0. The minimum Gasteiger partial charge on any atom is -0.467 e. The number of carbonyl (C=O) groups is 1. The smallest absolute Gasteiger partial charge is 0.422 e. The number of fused-ring (bicyclic) bond motifs is 1. The Kier molecular flexibility index (Phi) is 6.44. The number of hydrogen-bond donors (Lipinski definition) is 1. The quantitative estimate of drug-likeness (QED) is 0.424. The van der Waals surface area contributed by atoms with Gasteiger partial charge in [-0.15, -0.1) is 0 Å². The maximum absolute atomic E-state index is 12.6. The Hall–Kier alpha value is -4.02. The highest BCUT2D eigenvalue weighted by molar-refractivity contribution is 5.96. The summed E-state index contributed by atoms with van der Waals surface area (Å²) >= 11 is 0. The van der Waals surface area contributed by atoms with Gasteiger partial charge in [0.15, 0.2) is 12.4 Å². The van der Waals surface area contributed by atoms with E-state index < -0.39 is 24.6 Å². The topological polar surface area (TPSA) is 103 Å². The van der Waals surface area contributed by atoms with Crippen LogP contribution < -0.4 is 10.1 Å². The Morgan fingerprint density at radius 3 is 2.76 bits per heavy atom. The fourth-order valence-corrected chi connectivity index (χ4v) is 3.29. The van der Waals surface area contributed by atoms with Crippen LogP contribution in [-0.4, -0.2) is 45.3 Å². The van der Waals surface area contributed by atoms with Crippen molar-refractivity contribution in [2.75, 3.05) is 13.2 Å². The van der Waals surface area contributed by atoms with E-state index in [-0.39, 0.29) is 18.0 Å². The molecule has 0 radical (unpaired) electrons. The van der Waals surface area contributed by atoms with Gasteiger partial charge in [0, 0.05) is 29.7 Å². The molecule has 8 nitrogen and oxygen atoms in total. The second kappa shape index (κ2) is 9.46. The van der Waals surface area contributed by atoms with Crippen molar-refractivity contribution in [3.8, 4) is 17.3 Å². The number of alkyl halides is 3. The summed E-state index contributed by atoms with van der Waals surface area (Å²) in [5, 5.41) is 7.55. The van der Waals surface area contributed by atoms with Crippen LogP contribution in [0.3, 0.4) is 0 Å². The molecule has 1 unspecified atom stereocenters. The molecule has 0 saturated heterocycles. The van der Waals surface area contributed by atoms with Gasteiger partial charge in [0.2, 0.25) is 5.88 Å². The largest absolute Gasteiger partial charge is 0.467 e. The molecular weight excluding hydrogens is 451 g/mol. The van der Waals surface area contributed by atoms with Crippen molar-refractivity contribution < 1.29 is 27.2 Å². The summed E-state index contributed by atoms with van der Waals surface area (Å²) in [6, 6.07) is 12.2. The zero-order valence-corrected chi connectivity index (χ0v) is 18.3. The van der Waals surface area contributed by atoms with Gasteiger partial charge in [0.05, 0.1) is 11.1 Å². The highest BCUT2D eigenvalue weighted by atomic mass is 19.4. The van der Waals surface area contributed by atoms with E-state index in [0.29, 0.717) is 11.7 Å². The van der Waals surface area contributed by atoms with Crippen LogP contribution >= 0.6 is 0 Å². The zero-order valence-electron chi connectivity index (χ0n) is 18.3. The lowest BCUT2D eigenvalue weighted by Crippen LogP contribution is -2.29. The van der Waals surface area contributed by atoms with Crippen molar-refractivity contribution in [1.29, 1.82) is 0 Å². The first-order chi connectivity index (χ1) is 16.2. The molecule has 3 heterocycles. The summed E-state index contributed by atoms with van der Waals surface area (Å²) in [5.74, 6) is -0.672. The highest BCUT2D eigenvalue weighted by Crippen LogP contribution is 2.28. The molecule has 176 valence electrons. The van der Waals surface area contributed by atoms with E-state index in [2.05, 4.69) is 30.2 Å². The van der Waals surface area contributed by atoms with E-state index in [9.17, 15) is 18.0 Å². The van der Waals surface area contributed by atoms with Crippen molar-refractivity contribution in [2.45, 2.75) is 25.9 Å². The molecule has 1 amide bonds. The summed E-state index contributed by atoms with van der Waals surface area (Å²) in [6.45, 7) is 2.22. The van der Waals surface area contributed by atoms with Gasteiger partial charge in [-0.3, -0.25) is 9.78 Å². The lowest BCUT2D eigenvalue weighted by atomic mass is 10.1. The second-order valence-electron chi connectivity index (χ2n) is 7.66. The van der Waals surface area contributed by atoms with Gasteiger partial charge >= 0.3 is 6.18 Å². The number of carbonyl (C=O) groups excluding carboxylic acids is 1.